The lowest BCUT2D eigenvalue weighted by Crippen LogP contribution is -2.19. The first-order valence-corrected chi connectivity index (χ1v) is 5.94. The standard InChI is InChI=1S/C14H23NO2/c1-9-6-10(12(16)8-15-5)13(17)11(7-9)14(2,3)4/h6-7,12,15-17H,8H2,1-5H3. The Morgan fingerprint density at radius 2 is 1.88 bits per heavy atom. The highest BCUT2D eigenvalue weighted by atomic mass is 16.3. The molecule has 1 atom stereocenters. The fourth-order valence-corrected chi connectivity index (χ4v) is 1.94. The Balaban J connectivity index is 3.28. The number of hydrogen-bond donors (Lipinski definition) is 3. The summed E-state index contributed by atoms with van der Waals surface area (Å²) >= 11 is 0. The van der Waals surface area contributed by atoms with Crippen LogP contribution in [0, 0.1) is 6.92 Å². The van der Waals surface area contributed by atoms with Crippen LogP contribution in [0.25, 0.3) is 0 Å². The second-order valence-corrected chi connectivity index (χ2v) is 5.57. The summed E-state index contributed by atoms with van der Waals surface area (Å²) in [7, 11) is 1.78. The van der Waals surface area contributed by atoms with Crippen molar-refractivity contribution in [3.63, 3.8) is 0 Å². The number of phenolic OH excluding ortho intramolecular Hbond substituents is 1. The first-order chi connectivity index (χ1) is 7.77. The normalized spacial score (nSPS) is 13.8. The number of aliphatic hydroxyl groups excluding tert-OH is 1. The molecule has 0 heterocycles. The molecule has 96 valence electrons. The van der Waals surface area contributed by atoms with Crippen molar-refractivity contribution < 1.29 is 10.2 Å². The van der Waals surface area contributed by atoms with E-state index in [0.29, 0.717) is 12.1 Å². The second kappa shape index (κ2) is 5.07. The lowest BCUT2D eigenvalue weighted by atomic mass is 9.83. The summed E-state index contributed by atoms with van der Waals surface area (Å²) in [4.78, 5) is 0. The van der Waals surface area contributed by atoms with Gasteiger partial charge in [0.1, 0.15) is 5.75 Å². The summed E-state index contributed by atoms with van der Waals surface area (Å²) < 4.78 is 0. The molecule has 0 spiro atoms. The Labute approximate surface area is 103 Å². The summed E-state index contributed by atoms with van der Waals surface area (Å²) in [5, 5.41) is 23.2. The summed E-state index contributed by atoms with van der Waals surface area (Å²) in [6.45, 7) is 8.56. The number of hydrogen-bond acceptors (Lipinski definition) is 3. The zero-order valence-corrected chi connectivity index (χ0v) is 11.3. The number of likely N-dealkylation sites (N-methyl/N-ethyl adjacent to an activating group) is 1. The van der Waals surface area contributed by atoms with E-state index in [1.54, 1.807) is 7.05 Å². The van der Waals surface area contributed by atoms with E-state index in [-0.39, 0.29) is 11.2 Å². The number of rotatable bonds is 3. The van der Waals surface area contributed by atoms with Crippen LogP contribution in [0.5, 0.6) is 5.75 Å². The minimum absolute atomic E-state index is 0.135. The zero-order valence-electron chi connectivity index (χ0n) is 11.3. The van der Waals surface area contributed by atoms with Crippen LogP contribution >= 0.6 is 0 Å². The largest absolute Gasteiger partial charge is 0.507 e. The lowest BCUT2D eigenvalue weighted by molar-refractivity contribution is 0.173. The van der Waals surface area contributed by atoms with Gasteiger partial charge in [0.15, 0.2) is 0 Å². The van der Waals surface area contributed by atoms with Gasteiger partial charge >= 0.3 is 0 Å². The van der Waals surface area contributed by atoms with Gasteiger partial charge in [0.25, 0.3) is 0 Å². The Hall–Kier alpha value is -1.06. The molecule has 0 fully saturated rings. The van der Waals surface area contributed by atoms with Crippen LogP contribution in [-0.4, -0.2) is 23.8 Å². The van der Waals surface area contributed by atoms with Gasteiger partial charge in [-0.15, -0.1) is 0 Å². The fraction of sp³-hybridized carbons (Fsp3) is 0.571. The summed E-state index contributed by atoms with van der Waals surface area (Å²) in [6, 6.07) is 3.82. The topological polar surface area (TPSA) is 52.5 Å². The van der Waals surface area contributed by atoms with E-state index in [9.17, 15) is 10.2 Å². The number of phenols is 1. The number of nitrogens with one attached hydrogen (secondary N) is 1. The molecule has 0 amide bonds. The Bertz CT molecular complexity index is 394. The highest BCUT2D eigenvalue weighted by Crippen LogP contribution is 2.36. The minimum atomic E-state index is -0.680. The van der Waals surface area contributed by atoms with Crippen LogP contribution < -0.4 is 5.32 Å². The summed E-state index contributed by atoms with van der Waals surface area (Å²) in [5.41, 5.74) is 2.40. The van der Waals surface area contributed by atoms with E-state index in [0.717, 1.165) is 11.1 Å². The maximum absolute atomic E-state index is 10.3. The Morgan fingerprint density at radius 3 is 2.35 bits per heavy atom. The third-order valence-corrected chi connectivity index (χ3v) is 2.85. The Kier molecular flexibility index (Phi) is 4.17. The molecule has 1 aromatic rings. The van der Waals surface area contributed by atoms with E-state index in [1.807, 2.05) is 19.1 Å². The van der Waals surface area contributed by atoms with Crippen molar-refractivity contribution in [2.75, 3.05) is 13.6 Å². The lowest BCUT2D eigenvalue weighted by Gasteiger charge is -2.24. The third kappa shape index (κ3) is 3.20. The average Bonchev–Trinajstić information content (AvgIpc) is 2.19. The molecule has 0 aromatic heterocycles. The molecule has 0 aliphatic rings. The quantitative estimate of drug-likeness (QED) is 0.755. The molecular formula is C14H23NO2. The molecular weight excluding hydrogens is 214 g/mol. The zero-order chi connectivity index (χ0) is 13.2. The van der Waals surface area contributed by atoms with Crippen LogP contribution in [0.3, 0.4) is 0 Å². The molecule has 0 radical (unpaired) electrons. The number of aryl methyl sites for hydroxylation is 1. The van der Waals surface area contributed by atoms with Crippen LogP contribution in [0.15, 0.2) is 12.1 Å². The predicted octanol–water partition coefficient (Wildman–Crippen LogP) is 2.25. The molecule has 0 saturated carbocycles. The van der Waals surface area contributed by atoms with Crippen molar-refractivity contribution in [3.8, 4) is 5.75 Å². The first-order valence-electron chi connectivity index (χ1n) is 5.94. The number of benzene rings is 1. The van der Waals surface area contributed by atoms with Gasteiger partial charge < -0.3 is 15.5 Å². The average molecular weight is 237 g/mol. The Morgan fingerprint density at radius 1 is 1.29 bits per heavy atom. The molecule has 0 aliphatic carbocycles. The van der Waals surface area contributed by atoms with Crippen molar-refractivity contribution in [2.24, 2.45) is 0 Å². The maximum atomic E-state index is 10.3. The van der Waals surface area contributed by atoms with Gasteiger partial charge in [-0.05, 0) is 31.0 Å². The van der Waals surface area contributed by atoms with E-state index in [2.05, 4.69) is 26.1 Å². The van der Waals surface area contributed by atoms with E-state index in [4.69, 9.17) is 0 Å². The molecule has 0 bridgehead atoms. The van der Waals surface area contributed by atoms with Crippen molar-refractivity contribution in [1.82, 2.24) is 5.32 Å². The van der Waals surface area contributed by atoms with Gasteiger partial charge in [-0.3, -0.25) is 0 Å². The predicted molar refractivity (Wildman–Crippen MR) is 70.4 cm³/mol. The minimum Gasteiger partial charge on any atom is -0.507 e. The molecule has 3 heteroatoms. The molecule has 1 rings (SSSR count). The van der Waals surface area contributed by atoms with Crippen LogP contribution in [0.4, 0.5) is 0 Å². The number of aliphatic hydroxyl groups is 1. The van der Waals surface area contributed by atoms with Gasteiger partial charge in [-0.25, -0.2) is 0 Å². The highest BCUT2D eigenvalue weighted by Gasteiger charge is 2.23. The molecule has 3 N–H and O–H groups in total. The van der Waals surface area contributed by atoms with Crippen molar-refractivity contribution in [1.29, 1.82) is 0 Å². The van der Waals surface area contributed by atoms with Crippen LogP contribution in [0.2, 0.25) is 0 Å². The van der Waals surface area contributed by atoms with E-state index in [1.165, 1.54) is 0 Å². The molecule has 0 saturated heterocycles. The maximum Gasteiger partial charge on any atom is 0.125 e. The van der Waals surface area contributed by atoms with Crippen LogP contribution in [-0.2, 0) is 5.41 Å². The SMILES string of the molecule is CNCC(O)c1cc(C)cc(C(C)(C)C)c1O. The van der Waals surface area contributed by atoms with Gasteiger partial charge in [0.05, 0.1) is 6.10 Å². The van der Waals surface area contributed by atoms with E-state index >= 15 is 0 Å². The van der Waals surface area contributed by atoms with Gasteiger partial charge in [0.2, 0.25) is 0 Å². The third-order valence-electron chi connectivity index (χ3n) is 2.85. The summed E-state index contributed by atoms with van der Waals surface area (Å²) in [5.74, 6) is 0.214. The highest BCUT2D eigenvalue weighted by molar-refractivity contribution is 5.47. The van der Waals surface area contributed by atoms with Gasteiger partial charge in [-0.1, -0.05) is 32.4 Å². The van der Waals surface area contributed by atoms with E-state index < -0.39 is 6.10 Å². The summed E-state index contributed by atoms with van der Waals surface area (Å²) in [6.07, 6.45) is -0.680. The van der Waals surface area contributed by atoms with Crippen molar-refractivity contribution >= 4 is 0 Å². The molecule has 1 aromatic carbocycles. The second-order valence-electron chi connectivity index (χ2n) is 5.57. The van der Waals surface area contributed by atoms with Crippen LogP contribution in [0.1, 0.15) is 43.6 Å². The molecule has 17 heavy (non-hydrogen) atoms. The molecule has 0 aliphatic heterocycles. The fourth-order valence-electron chi connectivity index (χ4n) is 1.94. The first kappa shape index (κ1) is 14.0. The molecule has 3 nitrogen and oxygen atoms in total. The van der Waals surface area contributed by atoms with Gasteiger partial charge in [-0.2, -0.15) is 0 Å². The monoisotopic (exact) mass is 237 g/mol. The molecule has 1 unspecified atom stereocenters. The van der Waals surface area contributed by atoms with Crippen molar-refractivity contribution in [3.05, 3.63) is 28.8 Å². The smallest absolute Gasteiger partial charge is 0.125 e. The van der Waals surface area contributed by atoms with Gasteiger partial charge in [0, 0.05) is 12.1 Å². The van der Waals surface area contributed by atoms with Crippen molar-refractivity contribution in [2.45, 2.75) is 39.2 Å². The number of aromatic hydroxyl groups is 1.